The standard InChI is InChI=1S/C19H13FN2O3/c1-11(23)22-19-16(10-21)18(12-3-5-13(20)6-4-12)15-8-7-14(24-2)9-17(15)25-19/h3-9H,1-2H3. The van der Waals surface area contributed by atoms with E-state index in [0.29, 0.717) is 27.8 Å². The van der Waals surface area contributed by atoms with E-state index in [1.54, 1.807) is 30.3 Å². The Bertz CT molecular complexity index is 1080. The third kappa shape index (κ3) is 3.12. The minimum Gasteiger partial charge on any atom is -0.497 e. The summed E-state index contributed by atoms with van der Waals surface area (Å²) in [5, 5.41) is 10.2. The summed E-state index contributed by atoms with van der Waals surface area (Å²) < 4.78 is 24.1. The van der Waals surface area contributed by atoms with Gasteiger partial charge in [0.05, 0.1) is 7.11 Å². The molecule has 0 unspecified atom stereocenters. The molecule has 2 aromatic carbocycles. The van der Waals surface area contributed by atoms with Gasteiger partial charge in [0, 0.05) is 23.9 Å². The molecular formula is C19H13FN2O3. The van der Waals surface area contributed by atoms with Crippen LogP contribution >= 0.6 is 0 Å². The first-order valence-electron chi connectivity index (χ1n) is 7.39. The molecule has 0 spiro atoms. The maximum Gasteiger partial charge on any atom is 0.245 e. The van der Waals surface area contributed by atoms with Crippen LogP contribution in [0.4, 0.5) is 4.39 Å². The van der Waals surface area contributed by atoms with Crippen molar-refractivity contribution in [1.29, 1.82) is 5.26 Å². The number of amides is 1. The number of hydrogen-bond donors (Lipinski definition) is 0. The maximum atomic E-state index is 13.3. The molecular weight excluding hydrogens is 323 g/mol. The molecule has 1 amide bonds. The minimum absolute atomic E-state index is 0.0879. The van der Waals surface area contributed by atoms with Gasteiger partial charge in [-0.3, -0.25) is 4.79 Å². The Morgan fingerprint density at radius 3 is 2.56 bits per heavy atom. The Labute approximate surface area is 142 Å². The first-order chi connectivity index (χ1) is 12.0. The van der Waals surface area contributed by atoms with E-state index < -0.39 is 5.91 Å². The molecule has 25 heavy (non-hydrogen) atoms. The summed E-state index contributed by atoms with van der Waals surface area (Å²) in [6.07, 6.45) is 0. The fourth-order valence-corrected chi connectivity index (χ4v) is 2.56. The van der Waals surface area contributed by atoms with E-state index in [-0.39, 0.29) is 16.9 Å². The van der Waals surface area contributed by atoms with Gasteiger partial charge < -0.3 is 9.15 Å². The van der Waals surface area contributed by atoms with Gasteiger partial charge in [-0.2, -0.15) is 10.3 Å². The molecule has 1 aromatic heterocycles. The quantitative estimate of drug-likeness (QED) is 0.717. The first kappa shape index (κ1) is 16.4. The number of carbonyl (C=O) groups excluding carboxylic acids is 1. The third-order valence-corrected chi connectivity index (χ3v) is 3.63. The van der Waals surface area contributed by atoms with Gasteiger partial charge in [0.1, 0.15) is 28.8 Å². The second kappa shape index (κ2) is 6.57. The van der Waals surface area contributed by atoms with Gasteiger partial charge >= 0.3 is 0 Å². The molecule has 0 aliphatic carbocycles. The van der Waals surface area contributed by atoms with Crippen molar-refractivity contribution in [2.24, 2.45) is 4.99 Å². The zero-order chi connectivity index (χ0) is 18.0. The molecule has 0 saturated carbocycles. The highest BCUT2D eigenvalue weighted by molar-refractivity contribution is 5.96. The SMILES string of the molecule is COc1ccc2c(-c3ccc(F)cc3)c(C#N)c(=NC(C)=O)oc2c1. The Balaban J connectivity index is 2.48. The number of ether oxygens (including phenoxy) is 1. The van der Waals surface area contributed by atoms with Crippen molar-refractivity contribution in [3.05, 3.63) is 59.4 Å². The summed E-state index contributed by atoms with van der Waals surface area (Å²) in [5.41, 5.74) is 1.56. The van der Waals surface area contributed by atoms with Gasteiger partial charge in [0.2, 0.25) is 11.5 Å². The number of fused-ring (bicyclic) bond motifs is 1. The molecule has 0 aliphatic rings. The number of benzene rings is 2. The van der Waals surface area contributed by atoms with Crippen LogP contribution in [-0.2, 0) is 4.79 Å². The van der Waals surface area contributed by atoms with Crippen molar-refractivity contribution in [3.63, 3.8) is 0 Å². The molecule has 6 heteroatoms. The molecule has 0 N–H and O–H groups in total. The largest absolute Gasteiger partial charge is 0.497 e. The number of hydrogen-bond acceptors (Lipinski definition) is 4. The van der Waals surface area contributed by atoms with Gasteiger partial charge in [-0.1, -0.05) is 12.1 Å². The van der Waals surface area contributed by atoms with Gasteiger partial charge in [-0.05, 0) is 29.8 Å². The van der Waals surface area contributed by atoms with Crippen molar-refractivity contribution < 1.29 is 18.3 Å². The van der Waals surface area contributed by atoms with E-state index in [9.17, 15) is 14.4 Å². The summed E-state index contributed by atoms with van der Waals surface area (Å²) in [5.74, 6) is -0.324. The van der Waals surface area contributed by atoms with E-state index in [2.05, 4.69) is 4.99 Å². The number of nitrogens with zero attached hydrogens (tertiary/aromatic N) is 2. The van der Waals surface area contributed by atoms with Crippen LogP contribution in [0.1, 0.15) is 12.5 Å². The molecule has 3 rings (SSSR count). The van der Waals surface area contributed by atoms with Crippen LogP contribution in [0, 0.1) is 17.1 Å². The first-order valence-corrected chi connectivity index (χ1v) is 7.39. The van der Waals surface area contributed by atoms with Crippen LogP contribution < -0.4 is 10.3 Å². The van der Waals surface area contributed by atoms with E-state index in [1.807, 2.05) is 6.07 Å². The fourth-order valence-electron chi connectivity index (χ4n) is 2.56. The second-order valence-corrected chi connectivity index (χ2v) is 5.27. The highest BCUT2D eigenvalue weighted by Crippen LogP contribution is 2.32. The van der Waals surface area contributed by atoms with Gasteiger partial charge in [0.15, 0.2) is 0 Å². The van der Waals surface area contributed by atoms with Gasteiger partial charge in [-0.25, -0.2) is 4.39 Å². The molecule has 0 fully saturated rings. The number of rotatable bonds is 2. The summed E-state index contributed by atoms with van der Waals surface area (Å²) in [6.45, 7) is 1.27. The molecule has 0 aliphatic heterocycles. The number of carbonyl (C=O) groups is 1. The van der Waals surface area contributed by atoms with Gasteiger partial charge in [-0.15, -0.1) is 0 Å². The van der Waals surface area contributed by atoms with Crippen molar-refractivity contribution in [2.45, 2.75) is 6.92 Å². The monoisotopic (exact) mass is 336 g/mol. The number of halogens is 1. The maximum absolute atomic E-state index is 13.3. The number of nitriles is 1. The summed E-state index contributed by atoms with van der Waals surface area (Å²) in [7, 11) is 1.52. The third-order valence-electron chi connectivity index (χ3n) is 3.63. The molecule has 0 saturated heterocycles. The topological polar surface area (TPSA) is 75.6 Å². The lowest BCUT2D eigenvalue weighted by atomic mass is 9.97. The van der Waals surface area contributed by atoms with Crippen molar-refractivity contribution >= 4 is 16.9 Å². The van der Waals surface area contributed by atoms with Crippen molar-refractivity contribution in [3.8, 4) is 22.9 Å². The number of methoxy groups -OCH3 is 1. The highest BCUT2D eigenvalue weighted by atomic mass is 19.1. The lowest BCUT2D eigenvalue weighted by Crippen LogP contribution is -2.11. The zero-order valence-electron chi connectivity index (χ0n) is 13.5. The lowest BCUT2D eigenvalue weighted by molar-refractivity contribution is -0.116. The van der Waals surface area contributed by atoms with E-state index in [4.69, 9.17) is 9.15 Å². The van der Waals surface area contributed by atoms with E-state index in [0.717, 1.165) is 0 Å². The van der Waals surface area contributed by atoms with Crippen LogP contribution in [0.25, 0.3) is 22.1 Å². The predicted molar refractivity (Wildman–Crippen MR) is 89.1 cm³/mol. The van der Waals surface area contributed by atoms with Crippen molar-refractivity contribution in [1.82, 2.24) is 0 Å². The molecule has 1 heterocycles. The lowest BCUT2D eigenvalue weighted by Gasteiger charge is -2.10. The Kier molecular flexibility index (Phi) is 4.31. The summed E-state index contributed by atoms with van der Waals surface area (Å²) in [6, 6.07) is 12.9. The average Bonchev–Trinajstić information content (AvgIpc) is 2.60. The van der Waals surface area contributed by atoms with Gasteiger partial charge in [0.25, 0.3) is 0 Å². The van der Waals surface area contributed by atoms with Crippen LogP contribution in [0.3, 0.4) is 0 Å². The van der Waals surface area contributed by atoms with Crippen LogP contribution in [0.2, 0.25) is 0 Å². The summed E-state index contributed by atoms with van der Waals surface area (Å²) in [4.78, 5) is 15.2. The Morgan fingerprint density at radius 2 is 1.96 bits per heavy atom. The van der Waals surface area contributed by atoms with Crippen molar-refractivity contribution in [2.75, 3.05) is 7.11 Å². The predicted octanol–water partition coefficient (Wildman–Crippen LogP) is 3.57. The summed E-state index contributed by atoms with van der Waals surface area (Å²) >= 11 is 0. The van der Waals surface area contributed by atoms with E-state index in [1.165, 1.54) is 26.2 Å². The molecule has 0 bridgehead atoms. The molecule has 5 nitrogen and oxygen atoms in total. The average molecular weight is 336 g/mol. The molecule has 3 aromatic rings. The smallest absolute Gasteiger partial charge is 0.245 e. The normalized spacial score (nSPS) is 11.4. The zero-order valence-corrected chi connectivity index (χ0v) is 13.5. The Hall–Kier alpha value is -3.46. The molecule has 124 valence electrons. The van der Waals surface area contributed by atoms with Crippen LogP contribution in [0.5, 0.6) is 5.75 Å². The highest BCUT2D eigenvalue weighted by Gasteiger charge is 2.16. The fraction of sp³-hybridized carbons (Fsp3) is 0.105. The molecule has 0 radical (unpaired) electrons. The van der Waals surface area contributed by atoms with Crippen LogP contribution in [-0.4, -0.2) is 13.0 Å². The molecule has 0 atom stereocenters. The van der Waals surface area contributed by atoms with Crippen LogP contribution in [0.15, 0.2) is 51.9 Å². The minimum atomic E-state index is -0.493. The van der Waals surface area contributed by atoms with E-state index >= 15 is 0 Å². The Morgan fingerprint density at radius 1 is 1.24 bits per heavy atom. The second-order valence-electron chi connectivity index (χ2n) is 5.27.